The minimum absolute atomic E-state index is 0.0102. The molecule has 2 amide bonds. The summed E-state index contributed by atoms with van der Waals surface area (Å²) in [6.45, 7) is 8.01. The van der Waals surface area contributed by atoms with Gasteiger partial charge in [-0.3, -0.25) is 14.4 Å². The van der Waals surface area contributed by atoms with Crippen molar-refractivity contribution in [2.45, 2.75) is 83.2 Å². The topological polar surface area (TPSA) is 112 Å². The molecule has 2 fully saturated rings. The lowest BCUT2D eigenvalue weighted by Gasteiger charge is -2.47. The van der Waals surface area contributed by atoms with E-state index in [2.05, 4.69) is 10.6 Å². The van der Waals surface area contributed by atoms with Gasteiger partial charge in [-0.2, -0.15) is 13.2 Å². The number of hydrogen-bond donors (Lipinski definition) is 3. The fourth-order valence-corrected chi connectivity index (χ4v) is 5.97. The van der Waals surface area contributed by atoms with Crippen molar-refractivity contribution in [2.24, 2.45) is 5.41 Å². The Morgan fingerprint density at radius 3 is 2.45 bits per heavy atom. The van der Waals surface area contributed by atoms with Crippen LogP contribution >= 0.6 is 11.6 Å². The number of nitrogens with one attached hydrogen (secondary N) is 2. The summed E-state index contributed by atoms with van der Waals surface area (Å²) >= 11 is 6.08. The summed E-state index contributed by atoms with van der Waals surface area (Å²) in [5.74, 6) is -2.29. The van der Waals surface area contributed by atoms with Crippen LogP contribution in [0.1, 0.15) is 69.5 Å². The zero-order valence-electron chi connectivity index (χ0n) is 22.7. The van der Waals surface area contributed by atoms with Gasteiger partial charge in [0.05, 0.1) is 16.0 Å². The Labute approximate surface area is 235 Å². The normalized spacial score (nSPS) is 25.8. The summed E-state index contributed by atoms with van der Waals surface area (Å²) in [6.07, 6.45) is -2.73. The Bertz CT molecular complexity index is 1300. The molecule has 3 N–H and O–H groups in total. The van der Waals surface area contributed by atoms with Crippen molar-refractivity contribution in [1.29, 1.82) is 0 Å². The van der Waals surface area contributed by atoms with E-state index >= 15 is 0 Å². The van der Waals surface area contributed by atoms with E-state index in [4.69, 9.17) is 16.0 Å². The number of benzene rings is 1. The fourth-order valence-electron chi connectivity index (χ4n) is 5.76. The van der Waals surface area contributed by atoms with Crippen molar-refractivity contribution in [3.05, 3.63) is 46.7 Å². The van der Waals surface area contributed by atoms with Crippen LogP contribution in [-0.4, -0.2) is 58.0 Å². The van der Waals surface area contributed by atoms with E-state index in [-0.39, 0.29) is 52.6 Å². The molecule has 8 nitrogen and oxygen atoms in total. The second kappa shape index (κ2) is 10.7. The number of hydrogen-bond acceptors (Lipinski definition) is 5. The first-order valence-electron chi connectivity index (χ1n) is 13.1. The predicted octanol–water partition coefficient (Wildman–Crippen LogP) is 5.35. The molecular formula is C28H33ClF3N3O5. The highest BCUT2D eigenvalue weighted by atomic mass is 35.5. The van der Waals surface area contributed by atoms with Crippen molar-refractivity contribution in [1.82, 2.24) is 15.5 Å². The summed E-state index contributed by atoms with van der Waals surface area (Å²) < 4.78 is 44.9. The molecule has 218 valence electrons. The molecule has 1 saturated carbocycles. The number of furan rings is 1. The number of halogens is 4. The monoisotopic (exact) mass is 583 g/mol. The van der Waals surface area contributed by atoms with Gasteiger partial charge in [0, 0.05) is 29.7 Å². The molecule has 12 heteroatoms. The molecule has 1 aromatic heterocycles. The average molecular weight is 584 g/mol. The number of carbonyl (C=O) groups is 3. The molecule has 4 rings (SSSR count). The highest BCUT2D eigenvalue weighted by Crippen LogP contribution is 2.42. The van der Waals surface area contributed by atoms with Gasteiger partial charge < -0.3 is 25.1 Å². The molecule has 2 heterocycles. The van der Waals surface area contributed by atoms with Gasteiger partial charge in [-0.1, -0.05) is 11.6 Å². The van der Waals surface area contributed by atoms with E-state index in [1.807, 2.05) is 20.8 Å². The number of alkyl halides is 3. The molecule has 1 aliphatic carbocycles. The summed E-state index contributed by atoms with van der Waals surface area (Å²) in [5.41, 5.74) is -2.30. The second-order valence-electron chi connectivity index (χ2n) is 11.8. The van der Waals surface area contributed by atoms with Crippen molar-refractivity contribution in [3.63, 3.8) is 0 Å². The molecule has 1 aliphatic heterocycles. The Balaban J connectivity index is 1.46. The Morgan fingerprint density at radius 1 is 1.12 bits per heavy atom. The fraction of sp³-hybridized carbons (Fsp3) is 0.536. The molecule has 0 spiro atoms. The first-order chi connectivity index (χ1) is 18.5. The summed E-state index contributed by atoms with van der Waals surface area (Å²) in [5, 5.41) is 16.3. The molecule has 0 radical (unpaired) electrons. The average Bonchev–Trinajstić information content (AvgIpc) is 3.45. The minimum atomic E-state index is -4.58. The maximum Gasteiger partial charge on any atom is 0.416 e. The highest BCUT2D eigenvalue weighted by Gasteiger charge is 2.52. The first kappa shape index (κ1) is 29.9. The Kier molecular flexibility index (Phi) is 8.03. The Morgan fingerprint density at radius 2 is 1.82 bits per heavy atom. The van der Waals surface area contributed by atoms with Gasteiger partial charge in [0.1, 0.15) is 11.8 Å². The smallest absolute Gasteiger partial charge is 0.416 e. The number of carbonyl (C=O) groups excluding carboxylic acids is 2. The van der Waals surface area contributed by atoms with Crippen molar-refractivity contribution < 1.29 is 37.1 Å². The maximum absolute atomic E-state index is 13.3. The third-order valence-corrected chi connectivity index (χ3v) is 7.96. The number of amides is 2. The molecule has 1 aromatic carbocycles. The maximum atomic E-state index is 13.3. The van der Waals surface area contributed by atoms with Gasteiger partial charge in [-0.15, -0.1) is 0 Å². The molecule has 0 bridgehead atoms. The van der Waals surface area contributed by atoms with Crippen LogP contribution in [-0.2, 0) is 15.8 Å². The second-order valence-corrected chi connectivity index (χ2v) is 12.2. The third-order valence-electron chi connectivity index (χ3n) is 7.63. The van der Waals surface area contributed by atoms with Gasteiger partial charge >= 0.3 is 12.1 Å². The van der Waals surface area contributed by atoms with E-state index in [0.29, 0.717) is 19.3 Å². The number of aliphatic carboxylic acids is 1. The molecule has 4 atom stereocenters. The lowest BCUT2D eigenvalue weighted by molar-refractivity contribution is -0.158. The van der Waals surface area contributed by atoms with Crippen molar-refractivity contribution in [2.75, 3.05) is 6.54 Å². The predicted molar refractivity (Wildman–Crippen MR) is 142 cm³/mol. The van der Waals surface area contributed by atoms with Crippen LogP contribution in [0.3, 0.4) is 0 Å². The van der Waals surface area contributed by atoms with E-state index in [9.17, 15) is 32.7 Å². The van der Waals surface area contributed by atoms with Crippen LogP contribution in [0, 0.1) is 5.41 Å². The molecular weight excluding hydrogens is 551 g/mol. The SMILES string of the molecule is CC(C)(C)N[C@@H]1CC[C@H](N2CCC(NC(=O)c3ccc(-c4cc(C(F)(F)F)ccc4Cl)o3)C2=O)[C@](C)(C(=O)O)C1. The lowest BCUT2D eigenvalue weighted by atomic mass is 9.68. The van der Waals surface area contributed by atoms with E-state index < -0.39 is 41.1 Å². The van der Waals surface area contributed by atoms with Crippen LogP contribution in [0.5, 0.6) is 0 Å². The standard InChI is InChI=1S/C28H33ClF3N3O5/c1-26(2,3)34-16-6-10-22(27(4,14-16)25(38)39)35-12-11-19(24(35)37)33-23(36)21-9-8-20(40-21)17-13-15(28(30,31)32)5-7-18(17)29/h5,7-9,13,16,19,22,34H,6,10-12,14H2,1-4H3,(H,33,36)(H,38,39)/t16-,19?,22+,27-/m1/s1. The van der Waals surface area contributed by atoms with Crippen molar-refractivity contribution in [3.8, 4) is 11.3 Å². The minimum Gasteiger partial charge on any atom is -0.481 e. The molecule has 2 aromatic rings. The first-order valence-corrected chi connectivity index (χ1v) is 13.5. The Hall–Kier alpha value is -3.05. The van der Waals surface area contributed by atoms with E-state index in [1.165, 1.54) is 12.1 Å². The van der Waals surface area contributed by atoms with E-state index in [1.54, 1.807) is 11.8 Å². The van der Waals surface area contributed by atoms with Gasteiger partial charge in [-0.25, -0.2) is 0 Å². The lowest BCUT2D eigenvalue weighted by Crippen LogP contribution is -2.59. The number of carboxylic acids is 1. The van der Waals surface area contributed by atoms with Crippen LogP contribution in [0.25, 0.3) is 11.3 Å². The van der Waals surface area contributed by atoms with Gasteiger partial charge in [0.25, 0.3) is 5.91 Å². The number of likely N-dealkylation sites (tertiary alicyclic amines) is 1. The van der Waals surface area contributed by atoms with Gasteiger partial charge in [0.15, 0.2) is 5.76 Å². The van der Waals surface area contributed by atoms with Crippen molar-refractivity contribution >= 4 is 29.4 Å². The summed E-state index contributed by atoms with van der Waals surface area (Å²) in [4.78, 5) is 40.2. The number of rotatable bonds is 6. The molecule has 2 aliphatic rings. The quantitative estimate of drug-likeness (QED) is 0.423. The highest BCUT2D eigenvalue weighted by molar-refractivity contribution is 6.33. The molecule has 1 saturated heterocycles. The van der Waals surface area contributed by atoms with Crippen LogP contribution in [0.4, 0.5) is 13.2 Å². The van der Waals surface area contributed by atoms with Gasteiger partial charge in [0.2, 0.25) is 5.91 Å². The molecule has 1 unspecified atom stereocenters. The number of nitrogens with zero attached hydrogens (tertiary/aromatic N) is 1. The largest absolute Gasteiger partial charge is 0.481 e. The zero-order chi connectivity index (χ0) is 29.6. The summed E-state index contributed by atoms with van der Waals surface area (Å²) in [6, 6.07) is 3.99. The van der Waals surface area contributed by atoms with Crippen LogP contribution in [0.15, 0.2) is 34.7 Å². The van der Waals surface area contributed by atoms with Gasteiger partial charge in [-0.05, 0) is 83.7 Å². The third kappa shape index (κ3) is 6.15. The van der Waals surface area contributed by atoms with E-state index in [0.717, 1.165) is 18.2 Å². The van der Waals surface area contributed by atoms with Crippen LogP contribution < -0.4 is 10.6 Å². The zero-order valence-corrected chi connectivity index (χ0v) is 23.4. The van der Waals surface area contributed by atoms with Crippen LogP contribution in [0.2, 0.25) is 5.02 Å². The molecule has 40 heavy (non-hydrogen) atoms. The number of carboxylic acid groups (broad SMARTS) is 1. The summed E-state index contributed by atoms with van der Waals surface area (Å²) in [7, 11) is 0.